The molecule has 0 radical (unpaired) electrons. The Morgan fingerprint density at radius 3 is 2.67 bits per heavy atom. The lowest BCUT2D eigenvalue weighted by molar-refractivity contribution is 0.0599. The van der Waals surface area contributed by atoms with Crippen LogP contribution in [0.15, 0.2) is 12.1 Å². The molecule has 4 nitrogen and oxygen atoms in total. The Kier molecular flexibility index (Phi) is 5.48. The quantitative estimate of drug-likeness (QED) is 0.798. The minimum absolute atomic E-state index is 0.348. The Hall–Kier alpha value is -1.26. The standard InChI is InChI=1S/C16H22ClNO3/c1-4-18(13-5-7-21-8-6-13)15-10-12(17)9-14(11(15)2)16(19)20-3/h9-10,13H,4-8H2,1-3H3. The number of carbonyl (C=O) groups is 1. The second-order valence-electron chi connectivity index (χ2n) is 5.22. The van der Waals surface area contributed by atoms with Gasteiger partial charge in [0.25, 0.3) is 0 Å². The molecule has 1 aromatic rings. The van der Waals surface area contributed by atoms with Crippen LogP contribution in [-0.2, 0) is 9.47 Å². The van der Waals surface area contributed by atoms with E-state index < -0.39 is 0 Å². The average Bonchev–Trinajstić information content (AvgIpc) is 2.51. The first-order valence-electron chi connectivity index (χ1n) is 7.31. The number of hydrogen-bond donors (Lipinski definition) is 0. The number of hydrogen-bond acceptors (Lipinski definition) is 4. The molecule has 1 aromatic carbocycles. The molecule has 116 valence electrons. The maximum atomic E-state index is 11.9. The average molecular weight is 312 g/mol. The third kappa shape index (κ3) is 3.50. The fraction of sp³-hybridized carbons (Fsp3) is 0.562. The Labute approximate surface area is 131 Å². The Balaban J connectivity index is 2.40. The predicted molar refractivity (Wildman–Crippen MR) is 84.4 cm³/mol. The van der Waals surface area contributed by atoms with Gasteiger partial charge in [-0.25, -0.2) is 4.79 Å². The van der Waals surface area contributed by atoms with Gasteiger partial charge in [0.1, 0.15) is 0 Å². The minimum atomic E-state index is -0.348. The molecule has 5 heteroatoms. The van der Waals surface area contributed by atoms with Crippen LogP contribution >= 0.6 is 11.6 Å². The van der Waals surface area contributed by atoms with Crippen LogP contribution < -0.4 is 4.90 Å². The summed E-state index contributed by atoms with van der Waals surface area (Å²) in [6, 6.07) is 4.03. The van der Waals surface area contributed by atoms with E-state index in [1.165, 1.54) is 7.11 Å². The van der Waals surface area contributed by atoms with Crippen molar-refractivity contribution in [2.24, 2.45) is 0 Å². The zero-order valence-corrected chi connectivity index (χ0v) is 13.6. The van der Waals surface area contributed by atoms with Gasteiger partial charge >= 0.3 is 5.97 Å². The number of esters is 1. The second-order valence-corrected chi connectivity index (χ2v) is 5.66. The third-order valence-electron chi connectivity index (χ3n) is 4.03. The van der Waals surface area contributed by atoms with E-state index in [9.17, 15) is 4.79 Å². The van der Waals surface area contributed by atoms with Crippen LogP contribution in [0.1, 0.15) is 35.7 Å². The van der Waals surface area contributed by atoms with Gasteiger partial charge in [-0.15, -0.1) is 0 Å². The molecule has 0 spiro atoms. The highest BCUT2D eigenvalue weighted by Gasteiger charge is 2.24. The number of halogens is 1. The van der Waals surface area contributed by atoms with Crippen molar-refractivity contribution in [2.45, 2.75) is 32.7 Å². The molecule has 1 fully saturated rings. The summed E-state index contributed by atoms with van der Waals surface area (Å²) < 4.78 is 10.3. The number of ether oxygens (including phenoxy) is 2. The Morgan fingerprint density at radius 2 is 2.10 bits per heavy atom. The van der Waals surface area contributed by atoms with Crippen molar-refractivity contribution >= 4 is 23.3 Å². The first-order valence-corrected chi connectivity index (χ1v) is 7.69. The first-order chi connectivity index (χ1) is 10.1. The SMILES string of the molecule is CCN(c1cc(Cl)cc(C(=O)OC)c1C)C1CCOCC1. The van der Waals surface area contributed by atoms with E-state index in [1.807, 2.05) is 13.0 Å². The maximum absolute atomic E-state index is 11.9. The van der Waals surface area contributed by atoms with E-state index in [2.05, 4.69) is 11.8 Å². The second kappa shape index (κ2) is 7.14. The number of rotatable bonds is 4. The summed E-state index contributed by atoms with van der Waals surface area (Å²) in [6.45, 7) is 6.50. The lowest BCUT2D eigenvalue weighted by Crippen LogP contribution is -2.40. The Morgan fingerprint density at radius 1 is 1.43 bits per heavy atom. The summed E-state index contributed by atoms with van der Waals surface area (Å²) in [5.74, 6) is -0.348. The number of nitrogens with zero attached hydrogens (tertiary/aromatic N) is 1. The molecule has 0 aliphatic carbocycles. The fourth-order valence-electron chi connectivity index (χ4n) is 2.91. The van der Waals surface area contributed by atoms with Crippen molar-refractivity contribution in [3.63, 3.8) is 0 Å². The summed E-state index contributed by atoms with van der Waals surface area (Å²) in [5, 5.41) is 0.557. The van der Waals surface area contributed by atoms with Crippen molar-refractivity contribution in [3.8, 4) is 0 Å². The summed E-state index contributed by atoms with van der Waals surface area (Å²) in [5.41, 5.74) is 2.46. The number of benzene rings is 1. The van der Waals surface area contributed by atoms with Crippen LogP contribution in [0.2, 0.25) is 5.02 Å². The van der Waals surface area contributed by atoms with Crippen LogP contribution in [0.4, 0.5) is 5.69 Å². The molecule has 0 bridgehead atoms. The lowest BCUT2D eigenvalue weighted by Gasteiger charge is -2.36. The van der Waals surface area contributed by atoms with Gasteiger partial charge in [0.15, 0.2) is 0 Å². The summed E-state index contributed by atoms with van der Waals surface area (Å²) in [4.78, 5) is 14.2. The number of methoxy groups -OCH3 is 1. The summed E-state index contributed by atoms with van der Waals surface area (Å²) in [7, 11) is 1.39. The van der Waals surface area contributed by atoms with E-state index in [0.717, 1.165) is 43.9 Å². The van der Waals surface area contributed by atoms with Crippen molar-refractivity contribution in [1.82, 2.24) is 0 Å². The molecule has 1 saturated heterocycles. The van der Waals surface area contributed by atoms with E-state index in [4.69, 9.17) is 21.1 Å². The summed E-state index contributed by atoms with van der Waals surface area (Å²) in [6.07, 6.45) is 1.99. The molecule has 0 saturated carbocycles. The van der Waals surface area contributed by atoms with Gasteiger partial charge in [-0.05, 0) is 44.4 Å². The van der Waals surface area contributed by atoms with Crippen molar-refractivity contribution in [2.75, 3.05) is 31.8 Å². The molecule has 0 N–H and O–H groups in total. The van der Waals surface area contributed by atoms with Gasteiger partial charge in [0, 0.05) is 36.5 Å². The van der Waals surface area contributed by atoms with Gasteiger partial charge in [0.2, 0.25) is 0 Å². The molecule has 2 rings (SSSR count). The molecule has 0 amide bonds. The molecule has 21 heavy (non-hydrogen) atoms. The maximum Gasteiger partial charge on any atom is 0.338 e. The Bertz CT molecular complexity index is 512. The summed E-state index contributed by atoms with van der Waals surface area (Å²) >= 11 is 6.20. The van der Waals surface area contributed by atoms with E-state index in [0.29, 0.717) is 16.6 Å². The third-order valence-corrected chi connectivity index (χ3v) is 4.25. The zero-order chi connectivity index (χ0) is 15.4. The molecule has 1 heterocycles. The van der Waals surface area contributed by atoms with E-state index in [1.54, 1.807) is 6.07 Å². The van der Waals surface area contributed by atoms with Gasteiger partial charge in [-0.2, -0.15) is 0 Å². The molecule has 0 aromatic heterocycles. The minimum Gasteiger partial charge on any atom is -0.465 e. The van der Waals surface area contributed by atoms with Crippen molar-refractivity contribution in [1.29, 1.82) is 0 Å². The topological polar surface area (TPSA) is 38.8 Å². The highest BCUT2D eigenvalue weighted by atomic mass is 35.5. The highest BCUT2D eigenvalue weighted by molar-refractivity contribution is 6.31. The van der Waals surface area contributed by atoms with E-state index >= 15 is 0 Å². The predicted octanol–water partition coefficient (Wildman–Crippen LogP) is 3.44. The normalized spacial score (nSPS) is 15.8. The van der Waals surface area contributed by atoms with Crippen LogP contribution in [0.25, 0.3) is 0 Å². The van der Waals surface area contributed by atoms with Crippen LogP contribution in [0.3, 0.4) is 0 Å². The zero-order valence-electron chi connectivity index (χ0n) is 12.8. The molecule has 1 aliphatic heterocycles. The highest BCUT2D eigenvalue weighted by Crippen LogP contribution is 2.31. The largest absolute Gasteiger partial charge is 0.465 e. The van der Waals surface area contributed by atoms with E-state index in [-0.39, 0.29) is 5.97 Å². The molecular weight excluding hydrogens is 290 g/mol. The van der Waals surface area contributed by atoms with Gasteiger partial charge < -0.3 is 14.4 Å². The monoisotopic (exact) mass is 311 g/mol. The van der Waals surface area contributed by atoms with Crippen molar-refractivity contribution in [3.05, 3.63) is 28.3 Å². The molecule has 0 atom stereocenters. The van der Waals surface area contributed by atoms with Gasteiger partial charge in [-0.3, -0.25) is 0 Å². The molecular formula is C16H22ClNO3. The lowest BCUT2D eigenvalue weighted by atomic mass is 10.0. The smallest absolute Gasteiger partial charge is 0.338 e. The number of anilines is 1. The van der Waals surface area contributed by atoms with Gasteiger partial charge in [0.05, 0.1) is 12.7 Å². The van der Waals surface area contributed by atoms with Crippen molar-refractivity contribution < 1.29 is 14.3 Å². The molecule has 1 aliphatic rings. The molecule has 0 unspecified atom stereocenters. The fourth-order valence-corrected chi connectivity index (χ4v) is 3.12. The van der Waals surface area contributed by atoms with Crippen LogP contribution in [-0.4, -0.2) is 38.9 Å². The first kappa shape index (κ1) is 16.1. The van der Waals surface area contributed by atoms with Gasteiger partial charge in [-0.1, -0.05) is 11.6 Å². The van der Waals surface area contributed by atoms with Crippen LogP contribution in [0.5, 0.6) is 0 Å². The van der Waals surface area contributed by atoms with Crippen LogP contribution in [0, 0.1) is 6.92 Å². The number of carbonyl (C=O) groups excluding carboxylic acids is 1.